The highest BCUT2D eigenvalue weighted by molar-refractivity contribution is 6.31. The highest BCUT2D eigenvalue weighted by atomic mass is 35.5. The Kier molecular flexibility index (Phi) is 3.03. The number of H-pyrrole nitrogens is 1. The molecule has 0 amide bonds. The Balaban J connectivity index is 2.22. The molecule has 3 aromatic rings. The van der Waals surface area contributed by atoms with E-state index in [1.54, 1.807) is 37.3 Å². The van der Waals surface area contributed by atoms with Crippen molar-refractivity contribution in [3.05, 3.63) is 63.4 Å². The molecule has 100 valence electrons. The average molecular weight is 289 g/mol. The SMILES string of the molecule is Cc1nc2cc(-c3ccc(F)c(Cl)c3)ccc2c(=O)[nH]1. The maximum atomic E-state index is 13.2. The van der Waals surface area contributed by atoms with Gasteiger partial charge in [-0.3, -0.25) is 4.79 Å². The normalized spacial score (nSPS) is 10.9. The molecule has 20 heavy (non-hydrogen) atoms. The summed E-state index contributed by atoms with van der Waals surface area (Å²) in [5, 5.41) is 0.588. The summed E-state index contributed by atoms with van der Waals surface area (Å²) in [7, 11) is 0. The molecule has 5 heteroatoms. The van der Waals surface area contributed by atoms with Crippen LogP contribution in [-0.2, 0) is 0 Å². The van der Waals surface area contributed by atoms with Crippen LogP contribution in [0.4, 0.5) is 4.39 Å². The third-order valence-corrected chi connectivity index (χ3v) is 3.37. The van der Waals surface area contributed by atoms with E-state index in [0.717, 1.165) is 11.1 Å². The van der Waals surface area contributed by atoms with Crippen LogP contribution in [0.25, 0.3) is 22.0 Å². The van der Waals surface area contributed by atoms with Crippen LogP contribution in [0.15, 0.2) is 41.2 Å². The van der Waals surface area contributed by atoms with Gasteiger partial charge < -0.3 is 4.98 Å². The van der Waals surface area contributed by atoms with Gasteiger partial charge in [-0.15, -0.1) is 0 Å². The van der Waals surface area contributed by atoms with E-state index in [-0.39, 0.29) is 10.6 Å². The number of aromatic amines is 1. The van der Waals surface area contributed by atoms with E-state index in [1.807, 2.05) is 0 Å². The van der Waals surface area contributed by atoms with E-state index in [9.17, 15) is 9.18 Å². The summed E-state index contributed by atoms with van der Waals surface area (Å²) in [4.78, 5) is 18.7. The zero-order valence-electron chi connectivity index (χ0n) is 10.6. The first-order valence-corrected chi connectivity index (χ1v) is 6.38. The van der Waals surface area contributed by atoms with Crippen molar-refractivity contribution in [1.82, 2.24) is 9.97 Å². The number of aromatic nitrogens is 2. The summed E-state index contributed by atoms with van der Waals surface area (Å²) in [6.45, 7) is 1.72. The molecule has 3 rings (SSSR count). The van der Waals surface area contributed by atoms with Crippen LogP contribution in [0.1, 0.15) is 5.82 Å². The molecular weight excluding hydrogens is 279 g/mol. The van der Waals surface area contributed by atoms with Gasteiger partial charge in [-0.1, -0.05) is 23.7 Å². The lowest BCUT2D eigenvalue weighted by Gasteiger charge is -2.05. The highest BCUT2D eigenvalue weighted by Gasteiger charge is 2.06. The van der Waals surface area contributed by atoms with Gasteiger partial charge >= 0.3 is 0 Å². The third kappa shape index (κ3) is 2.18. The summed E-state index contributed by atoms with van der Waals surface area (Å²) in [5.41, 5.74) is 2.04. The molecule has 0 aliphatic carbocycles. The highest BCUT2D eigenvalue weighted by Crippen LogP contribution is 2.26. The lowest BCUT2D eigenvalue weighted by atomic mass is 10.0. The van der Waals surface area contributed by atoms with Crippen molar-refractivity contribution < 1.29 is 4.39 Å². The molecule has 0 fully saturated rings. The second-order valence-electron chi connectivity index (χ2n) is 4.51. The summed E-state index contributed by atoms with van der Waals surface area (Å²) in [6, 6.07) is 9.80. The predicted molar refractivity (Wildman–Crippen MR) is 77.5 cm³/mol. The quantitative estimate of drug-likeness (QED) is 0.742. The Labute approximate surface area is 119 Å². The number of nitrogens with one attached hydrogen (secondary N) is 1. The van der Waals surface area contributed by atoms with Crippen LogP contribution in [0.3, 0.4) is 0 Å². The van der Waals surface area contributed by atoms with E-state index < -0.39 is 5.82 Å². The van der Waals surface area contributed by atoms with Crippen LogP contribution in [0.2, 0.25) is 5.02 Å². The van der Waals surface area contributed by atoms with Crippen LogP contribution in [0, 0.1) is 12.7 Å². The largest absolute Gasteiger partial charge is 0.310 e. The number of nitrogens with zero attached hydrogens (tertiary/aromatic N) is 1. The molecule has 0 aliphatic rings. The molecule has 1 aromatic heterocycles. The molecule has 1 N–H and O–H groups in total. The average Bonchev–Trinajstić information content (AvgIpc) is 2.41. The van der Waals surface area contributed by atoms with E-state index in [4.69, 9.17) is 11.6 Å². The molecule has 0 saturated heterocycles. The summed E-state index contributed by atoms with van der Waals surface area (Å²) in [5.74, 6) is 0.0957. The van der Waals surface area contributed by atoms with Crippen molar-refractivity contribution >= 4 is 22.5 Å². The molecule has 0 spiro atoms. The van der Waals surface area contributed by atoms with Crippen LogP contribution in [-0.4, -0.2) is 9.97 Å². The van der Waals surface area contributed by atoms with E-state index in [1.165, 1.54) is 6.07 Å². The van der Waals surface area contributed by atoms with Gasteiger partial charge in [0.15, 0.2) is 0 Å². The fourth-order valence-electron chi connectivity index (χ4n) is 2.11. The smallest absolute Gasteiger partial charge is 0.258 e. The van der Waals surface area contributed by atoms with Crippen molar-refractivity contribution in [2.24, 2.45) is 0 Å². The Bertz CT molecular complexity index is 873. The maximum Gasteiger partial charge on any atom is 0.258 e. The molecule has 3 nitrogen and oxygen atoms in total. The number of benzene rings is 2. The predicted octanol–water partition coefficient (Wildman–Crippen LogP) is 3.69. The molecular formula is C15H10ClFN2O. The lowest BCUT2D eigenvalue weighted by Crippen LogP contribution is -2.09. The summed E-state index contributed by atoms with van der Waals surface area (Å²) < 4.78 is 13.2. The monoisotopic (exact) mass is 288 g/mol. The number of fused-ring (bicyclic) bond motifs is 1. The van der Waals surface area contributed by atoms with E-state index in [2.05, 4.69) is 9.97 Å². The minimum absolute atomic E-state index is 0.0673. The van der Waals surface area contributed by atoms with Crippen molar-refractivity contribution in [3.8, 4) is 11.1 Å². The Morgan fingerprint density at radius 2 is 1.85 bits per heavy atom. The first-order valence-electron chi connectivity index (χ1n) is 6.01. The second kappa shape index (κ2) is 4.72. The molecule has 0 aliphatic heterocycles. The number of rotatable bonds is 1. The fourth-order valence-corrected chi connectivity index (χ4v) is 2.29. The molecule has 0 radical (unpaired) electrons. The molecule has 0 atom stereocenters. The van der Waals surface area contributed by atoms with Crippen LogP contribution >= 0.6 is 11.6 Å². The van der Waals surface area contributed by atoms with Crippen molar-refractivity contribution in [3.63, 3.8) is 0 Å². The molecule has 0 unspecified atom stereocenters. The van der Waals surface area contributed by atoms with Gasteiger partial charge in [0, 0.05) is 0 Å². The number of hydrogen-bond acceptors (Lipinski definition) is 2. The molecule has 0 saturated carbocycles. The van der Waals surface area contributed by atoms with Gasteiger partial charge in [-0.25, -0.2) is 9.37 Å². The zero-order chi connectivity index (χ0) is 14.3. The lowest BCUT2D eigenvalue weighted by molar-refractivity contribution is 0.628. The first-order chi connectivity index (χ1) is 9.54. The van der Waals surface area contributed by atoms with Gasteiger partial charge in [0.1, 0.15) is 11.6 Å². The van der Waals surface area contributed by atoms with E-state index >= 15 is 0 Å². The van der Waals surface area contributed by atoms with Gasteiger partial charge in [0.05, 0.1) is 15.9 Å². The summed E-state index contributed by atoms with van der Waals surface area (Å²) in [6.07, 6.45) is 0. The molecule has 0 bridgehead atoms. The van der Waals surface area contributed by atoms with Gasteiger partial charge in [0.25, 0.3) is 5.56 Å². The molecule has 1 heterocycles. The van der Waals surface area contributed by atoms with Gasteiger partial charge in [0.2, 0.25) is 0 Å². The van der Waals surface area contributed by atoms with Crippen molar-refractivity contribution in [1.29, 1.82) is 0 Å². The van der Waals surface area contributed by atoms with Gasteiger partial charge in [-0.2, -0.15) is 0 Å². The van der Waals surface area contributed by atoms with E-state index in [0.29, 0.717) is 16.7 Å². The van der Waals surface area contributed by atoms with Crippen molar-refractivity contribution in [2.75, 3.05) is 0 Å². The summed E-state index contributed by atoms with van der Waals surface area (Å²) >= 11 is 5.79. The van der Waals surface area contributed by atoms with Crippen LogP contribution < -0.4 is 5.56 Å². The number of halogens is 2. The second-order valence-corrected chi connectivity index (χ2v) is 4.92. The van der Waals surface area contributed by atoms with Crippen LogP contribution in [0.5, 0.6) is 0 Å². The third-order valence-electron chi connectivity index (χ3n) is 3.08. The zero-order valence-corrected chi connectivity index (χ0v) is 11.3. The minimum Gasteiger partial charge on any atom is -0.310 e. The first kappa shape index (κ1) is 12.8. The standard InChI is InChI=1S/C15H10ClFN2O/c1-8-18-14-7-10(2-4-11(14)15(20)19-8)9-3-5-13(17)12(16)6-9/h2-7H,1H3,(H,18,19,20). The Hall–Kier alpha value is -2.20. The molecule has 2 aromatic carbocycles. The number of hydrogen-bond donors (Lipinski definition) is 1. The Morgan fingerprint density at radius 1 is 1.15 bits per heavy atom. The maximum absolute atomic E-state index is 13.2. The Morgan fingerprint density at radius 3 is 2.60 bits per heavy atom. The minimum atomic E-state index is -0.457. The fraction of sp³-hybridized carbons (Fsp3) is 0.0667. The number of aryl methyl sites for hydroxylation is 1. The van der Waals surface area contributed by atoms with Gasteiger partial charge in [-0.05, 0) is 42.3 Å². The topological polar surface area (TPSA) is 45.8 Å². The van der Waals surface area contributed by atoms with Crippen molar-refractivity contribution in [2.45, 2.75) is 6.92 Å².